The van der Waals surface area contributed by atoms with Crippen LogP contribution >= 0.6 is 0 Å². The molecule has 2 rings (SSSR count). The molecule has 2 aromatic carbocycles. The normalized spacial score (nSPS) is 10.4. The van der Waals surface area contributed by atoms with Crippen molar-refractivity contribution in [3.05, 3.63) is 71.0 Å². The number of carbonyl (C=O) groups excluding carboxylic acids is 1. The van der Waals surface area contributed by atoms with Gasteiger partial charge in [-0.2, -0.15) is 0 Å². The highest BCUT2D eigenvalue weighted by molar-refractivity contribution is 5.72. The van der Waals surface area contributed by atoms with Crippen molar-refractivity contribution < 1.29 is 13.9 Å². The van der Waals surface area contributed by atoms with Crippen LogP contribution in [0.2, 0.25) is 0 Å². The molecule has 4 heteroatoms. The maximum Gasteiger partial charge on any atom is 0.309 e. The van der Waals surface area contributed by atoms with Crippen molar-refractivity contribution in [1.29, 1.82) is 0 Å². The van der Waals surface area contributed by atoms with E-state index in [2.05, 4.69) is 5.32 Å². The van der Waals surface area contributed by atoms with Crippen molar-refractivity contribution in [2.45, 2.75) is 19.5 Å². The van der Waals surface area contributed by atoms with Crippen LogP contribution in [-0.4, -0.2) is 13.1 Å². The van der Waals surface area contributed by atoms with Crippen LogP contribution in [0.3, 0.4) is 0 Å². The molecule has 0 spiro atoms. The average molecular weight is 287 g/mol. The lowest BCUT2D eigenvalue weighted by Crippen LogP contribution is -2.15. The molecule has 0 bridgehead atoms. The third-order valence-corrected chi connectivity index (χ3v) is 3.21. The van der Waals surface area contributed by atoms with Crippen LogP contribution in [-0.2, 0) is 29.0 Å². The first kappa shape index (κ1) is 15.2. The molecule has 2 aromatic rings. The zero-order valence-corrected chi connectivity index (χ0v) is 11.9. The smallest absolute Gasteiger partial charge is 0.309 e. The van der Waals surface area contributed by atoms with Gasteiger partial charge in [0.2, 0.25) is 0 Å². The predicted octanol–water partition coefficient (Wildman–Crippen LogP) is 2.83. The number of esters is 1. The highest BCUT2D eigenvalue weighted by Gasteiger charge is 2.07. The maximum atomic E-state index is 13.1. The maximum absolute atomic E-state index is 13.1. The summed E-state index contributed by atoms with van der Waals surface area (Å²) in [6, 6.07) is 14.2. The zero-order chi connectivity index (χ0) is 15.1. The van der Waals surface area contributed by atoms with Gasteiger partial charge in [-0.1, -0.05) is 36.4 Å². The molecule has 0 aliphatic rings. The largest absolute Gasteiger partial charge is 0.469 e. The lowest BCUT2D eigenvalue weighted by atomic mass is 10.0. The summed E-state index contributed by atoms with van der Waals surface area (Å²) < 4.78 is 17.8. The van der Waals surface area contributed by atoms with E-state index in [1.54, 1.807) is 6.07 Å². The van der Waals surface area contributed by atoms with Crippen LogP contribution in [0.1, 0.15) is 16.7 Å². The minimum absolute atomic E-state index is 0.236. The van der Waals surface area contributed by atoms with Gasteiger partial charge in [0, 0.05) is 13.1 Å². The second kappa shape index (κ2) is 7.55. The second-order valence-electron chi connectivity index (χ2n) is 4.76. The molecule has 21 heavy (non-hydrogen) atoms. The monoisotopic (exact) mass is 287 g/mol. The Morgan fingerprint density at radius 2 is 1.86 bits per heavy atom. The van der Waals surface area contributed by atoms with Gasteiger partial charge in [-0.15, -0.1) is 0 Å². The van der Waals surface area contributed by atoms with Crippen molar-refractivity contribution >= 4 is 5.97 Å². The van der Waals surface area contributed by atoms with Gasteiger partial charge in [0.25, 0.3) is 0 Å². The van der Waals surface area contributed by atoms with E-state index >= 15 is 0 Å². The van der Waals surface area contributed by atoms with E-state index in [0.29, 0.717) is 13.1 Å². The summed E-state index contributed by atoms with van der Waals surface area (Å²) >= 11 is 0. The predicted molar refractivity (Wildman–Crippen MR) is 79.1 cm³/mol. The minimum atomic E-state index is -0.257. The van der Waals surface area contributed by atoms with Crippen LogP contribution < -0.4 is 5.32 Å². The Bertz CT molecular complexity index is 613. The Morgan fingerprint density at radius 1 is 1.10 bits per heavy atom. The molecule has 3 nitrogen and oxygen atoms in total. The molecular weight excluding hydrogens is 269 g/mol. The van der Waals surface area contributed by atoms with Crippen molar-refractivity contribution in [3.63, 3.8) is 0 Å². The zero-order valence-electron chi connectivity index (χ0n) is 11.9. The summed E-state index contributed by atoms with van der Waals surface area (Å²) in [5, 5.41) is 3.26. The summed E-state index contributed by atoms with van der Waals surface area (Å²) in [7, 11) is 1.38. The van der Waals surface area contributed by atoms with Crippen LogP contribution in [0.4, 0.5) is 4.39 Å². The molecule has 0 radical (unpaired) electrons. The molecular formula is C17H18FNO2. The number of ether oxygens (including phenoxy) is 1. The quantitative estimate of drug-likeness (QED) is 0.830. The van der Waals surface area contributed by atoms with Gasteiger partial charge >= 0.3 is 5.97 Å². The molecule has 0 saturated carbocycles. The molecule has 0 saturated heterocycles. The van der Waals surface area contributed by atoms with Gasteiger partial charge in [-0.25, -0.2) is 4.39 Å². The minimum Gasteiger partial charge on any atom is -0.469 e. The first-order chi connectivity index (χ1) is 10.2. The summed E-state index contributed by atoms with van der Waals surface area (Å²) in [5.41, 5.74) is 2.87. The molecule has 0 atom stereocenters. The van der Waals surface area contributed by atoms with E-state index in [1.807, 2.05) is 30.3 Å². The number of hydrogen-bond acceptors (Lipinski definition) is 3. The van der Waals surface area contributed by atoms with Crippen LogP contribution in [0.15, 0.2) is 48.5 Å². The highest BCUT2D eigenvalue weighted by Crippen LogP contribution is 2.11. The Labute approximate surface area is 123 Å². The van der Waals surface area contributed by atoms with E-state index in [4.69, 9.17) is 4.74 Å². The van der Waals surface area contributed by atoms with E-state index in [0.717, 1.165) is 16.7 Å². The lowest BCUT2D eigenvalue weighted by Gasteiger charge is -2.10. The van der Waals surface area contributed by atoms with Gasteiger partial charge in [0.15, 0.2) is 0 Å². The number of halogens is 1. The standard InChI is InChI=1S/C17H18FNO2/c1-21-17(20)10-14-6-2-3-7-15(14)12-19-11-13-5-4-8-16(18)9-13/h2-9,19H,10-12H2,1H3. The van der Waals surface area contributed by atoms with Crippen molar-refractivity contribution in [1.82, 2.24) is 5.32 Å². The molecule has 0 fully saturated rings. The molecule has 1 N–H and O–H groups in total. The SMILES string of the molecule is COC(=O)Cc1ccccc1CNCc1cccc(F)c1. The first-order valence-electron chi connectivity index (χ1n) is 6.78. The van der Waals surface area contributed by atoms with Gasteiger partial charge < -0.3 is 10.1 Å². The fraction of sp³-hybridized carbons (Fsp3) is 0.235. The Morgan fingerprint density at radius 3 is 2.57 bits per heavy atom. The van der Waals surface area contributed by atoms with E-state index in [1.165, 1.54) is 19.2 Å². The van der Waals surface area contributed by atoms with Crippen LogP contribution in [0, 0.1) is 5.82 Å². The summed E-state index contributed by atoms with van der Waals surface area (Å²) in [5.74, 6) is -0.493. The number of benzene rings is 2. The van der Waals surface area contributed by atoms with Gasteiger partial charge in [-0.05, 0) is 28.8 Å². The molecule has 110 valence electrons. The average Bonchev–Trinajstić information content (AvgIpc) is 2.49. The lowest BCUT2D eigenvalue weighted by molar-refractivity contribution is -0.139. The fourth-order valence-electron chi connectivity index (χ4n) is 2.12. The topological polar surface area (TPSA) is 38.3 Å². The Kier molecular flexibility index (Phi) is 5.46. The fourth-order valence-corrected chi connectivity index (χ4v) is 2.12. The Balaban J connectivity index is 1.95. The Hall–Kier alpha value is -2.20. The third kappa shape index (κ3) is 4.68. The molecule has 0 unspecified atom stereocenters. The number of carbonyl (C=O) groups is 1. The van der Waals surface area contributed by atoms with Crippen molar-refractivity contribution in [2.75, 3.05) is 7.11 Å². The number of rotatable bonds is 6. The number of nitrogens with one attached hydrogen (secondary N) is 1. The van der Waals surface area contributed by atoms with Crippen LogP contribution in [0.5, 0.6) is 0 Å². The molecule has 0 aromatic heterocycles. The van der Waals surface area contributed by atoms with Crippen molar-refractivity contribution in [3.8, 4) is 0 Å². The second-order valence-corrected chi connectivity index (χ2v) is 4.76. The summed E-state index contributed by atoms with van der Waals surface area (Å²) in [4.78, 5) is 11.4. The third-order valence-electron chi connectivity index (χ3n) is 3.21. The van der Waals surface area contributed by atoms with E-state index < -0.39 is 0 Å². The van der Waals surface area contributed by atoms with E-state index in [-0.39, 0.29) is 18.2 Å². The molecule has 0 heterocycles. The van der Waals surface area contributed by atoms with Gasteiger partial charge in [0.1, 0.15) is 5.82 Å². The summed E-state index contributed by atoms with van der Waals surface area (Å²) in [6.07, 6.45) is 0.258. The number of methoxy groups -OCH3 is 1. The van der Waals surface area contributed by atoms with Gasteiger partial charge in [-0.3, -0.25) is 4.79 Å². The molecule has 0 aliphatic carbocycles. The van der Waals surface area contributed by atoms with Crippen LogP contribution in [0.25, 0.3) is 0 Å². The summed E-state index contributed by atoms with van der Waals surface area (Å²) in [6.45, 7) is 1.19. The highest BCUT2D eigenvalue weighted by atomic mass is 19.1. The van der Waals surface area contributed by atoms with Crippen molar-refractivity contribution in [2.24, 2.45) is 0 Å². The molecule has 0 aliphatic heterocycles. The van der Waals surface area contributed by atoms with Gasteiger partial charge in [0.05, 0.1) is 13.5 Å². The number of hydrogen-bond donors (Lipinski definition) is 1. The first-order valence-corrected chi connectivity index (χ1v) is 6.78. The van der Waals surface area contributed by atoms with E-state index in [9.17, 15) is 9.18 Å². The molecule has 0 amide bonds.